The molecule has 1 aromatic carbocycles. The third-order valence-corrected chi connectivity index (χ3v) is 3.96. The van der Waals surface area contributed by atoms with Gasteiger partial charge in [0.25, 0.3) is 0 Å². The van der Waals surface area contributed by atoms with E-state index < -0.39 is 4.92 Å². The molecule has 26 heavy (non-hydrogen) atoms. The van der Waals surface area contributed by atoms with Crippen molar-refractivity contribution in [1.82, 2.24) is 14.5 Å². The fourth-order valence-corrected chi connectivity index (χ4v) is 2.68. The SMILES string of the molecule is O=[N+]([O-])c1cnc2n1C[C@@H](COc1ccc(-c3ccc(F)cc3)nc1)O2. The summed E-state index contributed by atoms with van der Waals surface area (Å²) in [6, 6.07) is 9.80. The minimum atomic E-state index is -0.499. The van der Waals surface area contributed by atoms with Gasteiger partial charge in [0.2, 0.25) is 0 Å². The molecule has 0 saturated carbocycles. The molecule has 0 bridgehead atoms. The summed E-state index contributed by atoms with van der Waals surface area (Å²) in [6.07, 6.45) is 2.37. The van der Waals surface area contributed by atoms with E-state index >= 15 is 0 Å². The van der Waals surface area contributed by atoms with E-state index in [0.29, 0.717) is 18.0 Å². The zero-order valence-electron chi connectivity index (χ0n) is 13.4. The summed E-state index contributed by atoms with van der Waals surface area (Å²) in [5.41, 5.74) is 1.50. The molecule has 132 valence electrons. The topological polar surface area (TPSA) is 92.3 Å². The molecule has 0 N–H and O–H groups in total. The minimum Gasteiger partial charge on any atom is -0.488 e. The number of nitro groups is 1. The highest BCUT2D eigenvalue weighted by Crippen LogP contribution is 2.27. The van der Waals surface area contributed by atoms with E-state index in [1.165, 1.54) is 22.9 Å². The molecule has 0 amide bonds. The molecule has 2 aromatic heterocycles. The molecule has 1 aliphatic rings. The third kappa shape index (κ3) is 3.06. The second kappa shape index (κ2) is 6.43. The molecule has 0 spiro atoms. The lowest BCUT2D eigenvalue weighted by Gasteiger charge is -2.10. The summed E-state index contributed by atoms with van der Waals surface area (Å²) in [5, 5.41) is 10.9. The van der Waals surface area contributed by atoms with Gasteiger partial charge in [0.05, 0.1) is 11.9 Å². The molecular formula is C17H13FN4O4. The zero-order valence-corrected chi connectivity index (χ0v) is 13.4. The number of pyridine rings is 1. The number of fused-ring (bicyclic) bond motifs is 1. The van der Waals surface area contributed by atoms with E-state index in [2.05, 4.69) is 9.97 Å². The van der Waals surface area contributed by atoms with Crippen molar-refractivity contribution < 1.29 is 18.8 Å². The third-order valence-electron chi connectivity index (χ3n) is 3.96. The van der Waals surface area contributed by atoms with Crippen molar-refractivity contribution in [3.8, 4) is 23.0 Å². The van der Waals surface area contributed by atoms with E-state index in [1.807, 2.05) is 0 Å². The number of benzene rings is 1. The van der Waals surface area contributed by atoms with Crippen LogP contribution in [-0.2, 0) is 6.54 Å². The van der Waals surface area contributed by atoms with Gasteiger partial charge in [-0.15, -0.1) is 0 Å². The monoisotopic (exact) mass is 356 g/mol. The highest BCUT2D eigenvalue weighted by Gasteiger charge is 2.34. The quantitative estimate of drug-likeness (QED) is 0.516. The van der Waals surface area contributed by atoms with Crippen molar-refractivity contribution >= 4 is 5.82 Å². The van der Waals surface area contributed by atoms with Crippen LogP contribution in [0.3, 0.4) is 0 Å². The number of hydrogen-bond donors (Lipinski definition) is 0. The normalized spacial score (nSPS) is 15.3. The Balaban J connectivity index is 1.37. The first kappa shape index (κ1) is 16.0. The number of ether oxygens (including phenoxy) is 2. The molecule has 0 saturated heterocycles. The van der Waals surface area contributed by atoms with Crippen LogP contribution < -0.4 is 9.47 Å². The number of imidazole rings is 1. The minimum absolute atomic E-state index is 0.104. The van der Waals surface area contributed by atoms with Gasteiger partial charge in [-0.05, 0) is 41.3 Å². The van der Waals surface area contributed by atoms with E-state index in [9.17, 15) is 14.5 Å². The molecule has 3 aromatic rings. The van der Waals surface area contributed by atoms with E-state index in [0.717, 1.165) is 5.56 Å². The maximum Gasteiger partial charge on any atom is 0.391 e. The molecule has 8 nitrogen and oxygen atoms in total. The lowest BCUT2D eigenvalue weighted by Crippen LogP contribution is -2.23. The Morgan fingerprint density at radius 3 is 2.73 bits per heavy atom. The van der Waals surface area contributed by atoms with Crippen LogP contribution >= 0.6 is 0 Å². The molecule has 1 atom stereocenters. The molecule has 3 heterocycles. The fourth-order valence-electron chi connectivity index (χ4n) is 2.68. The summed E-state index contributed by atoms with van der Waals surface area (Å²) in [4.78, 5) is 18.6. The molecule has 0 aliphatic carbocycles. The Morgan fingerprint density at radius 2 is 2.04 bits per heavy atom. The molecule has 0 fully saturated rings. The van der Waals surface area contributed by atoms with E-state index in [4.69, 9.17) is 9.47 Å². The smallest absolute Gasteiger partial charge is 0.391 e. The Labute approximate surface area is 147 Å². The molecular weight excluding hydrogens is 343 g/mol. The Morgan fingerprint density at radius 1 is 1.23 bits per heavy atom. The number of hydrogen-bond acceptors (Lipinski definition) is 6. The summed E-state index contributed by atoms with van der Waals surface area (Å²) in [6.45, 7) is 0.505. The first-order valence-corrected chi connectivity index (χ1v) is 7.81. The second-order valence-electron chi connectivity index (χ2n) is 5.70. The summed E-state index contributed by atoms with van der Waals surface area (Å²) < 4.78 is 25.5. The number of aromatic nitrogens is 3. The van der Waals surface area contributed by atoms with E-state index in [1.54, 1.807) is 30.5 Å². The van der Waals surface area contributed by atoms with Crippen LogP contribution in [0.25, 0.3) is 11.3 Å². The van der Waals surface area contributed by atoms with Gasteiger partial charge in [-0.2, -0.15) is 9.55 Å². The summed E-state index contributed by atoms with van der Waals surface area (Å²) in [7, 11) is 0. The Bertz CT molecular complexity index is 940. The first-order chi connectivity index (χ1) is 12.6. The van der Waals surface area contributed by atoms with Crippen molar-refractivity contribution in [2.45, 2.75) is 12.6 Å². The largest absolute Gasteiger partial charge is 0.488 e. The highest BCUT2D eigenvalue weighted by molar-refractivity contribution is 5.59. The lowest BCUT2D eigenvalue weighted by atomic mass is 10.1. The first-order valence-electron chi connectivity index (χ1n) is 7.81. The van der Waals surface area contributed by atoms with Crippen molar-refractivity contribution in [3.63, 3.8) is 0 Å². The van der Waals surface area contributed by atoms with Crippen LogP contribution in [-0.4, -0.2) is 32.2 Å². The summed E-state index contributed by atoms with van der Waals surface area (Å²) >= 11 is 0. The van der Waals surface area contributed by atoms with Crippen LogP contribution in [0.1, 0.15) is 0 Å². The second-order valence-corrected chi connectivity index (χ2v) is 5.70. The molecule has 9 heteroatoms. The van der Waals surface area contributed by atoms with Gasteiger partial charge in [0, 0.05) is 5.56 Å². The zero-order chi connectivity index (χ0) is 18.1. The van der Waals surface area contributed by atoms with E-state index in [-0.39, 0.29) is 30.4 Å². The predicted octanol–water partition coefficient (Wildman–Crippen LogP) is 2.83. The molecule has 0 unspecified atom stereocenters. The van der Waals surface area contributed by atoms with Gasteiger partial charge < -0.3 is 19.6 Å². The number of rotatable bonds is 5. The predicted molar refractivity (Wildman–Crippen MR) is 88.4 cm³/mol. The van der Waals surface area contributed by atoms with Gasteiger partial charge in [-0.25, -0.2) is 4.39 Å². The standard InChI is InChI=1S/C17H13FN4O4/c18-12-3-1-11(2-4-12)15-6-5-13(7-19-15)25-10-14-9-21-16(22(23)24)8-20-17(21)26-14/h1-8,14H,9-10H2/t14-/m0/s1. The Hall–Kier alpha value is -3.49. The fraction of sp³-hybridized carbons (Fsp3) is 0.176. The van der Waals surface area contributed by atoms with Gasteiger partial charge >= 0.3 is 11.8 Å². The number of nitrogens with zero attached hydrogens (tertiary/aromatic N) is 4. The van der Waals surface area contributed by atoms with Crippen molar-refractivity contribution in [3.05, 3.63) is 64.7 Å². The van der Waals surface area contributed by atoms with Gasteiger partial charge in [0.1, 0.15) is 30.9 Å². The van der Waals surface area contributed by atoms with Crippen LogP contribution in [0.4, 0.5) is 10.2 Å². The van der Waals surface area contributed by atoms with Gasteiger partial charge in [0.15, 0.2) is 6.10 Å². The number of halogens is 1. The molecule has 4 rings (SSSR count). The van der Waals surface area contributed by atoms with Crippen LogP contribution in [0.5, 0.6) is 11.8 Å². The van der Waals surface area contributed by atoms with Crippen LogP contribution in [0, 0.1) is 15.9 Å². The summed E-state index contributed by atoms with van der Waals surface area (Å²) in [5.74, 6) is 0.136. The maximum absolute atomic E-state index is 13.0. The average molecular weight is 356 g/mol. The average Bonchev–Trinajstić information content (AvgIpc) is 3.21. The van der Waals surface area contributed by atoms with Crippen molar-refractivity contribution in [2.75, 3.05) is 6.61 Å². The van der Waals surface area contributed by atoms with Crippen molar-refractivity contribution in [2.24, 2.45) is 0 Å². The molecule has 1 aliphatic heterocycles. The van der Waals surface area contributed by atoms with Gasteiger partial charge in [-0.3, -0.25) is 4.98 Å². The van der Waals surface area contributed by atoms with Crippen molar-refractivity contribution in [1.29, 1.82) is 0 Å². The van der Waals surface area contributed by atoms with Gasteiger partial charge in [-0.1, -0.05) is 0 Å². The lowest BCUT2D eigenvalue weighted by molar-refractivity contribution is -0.392. The van der Waals surface area contributed by atoms with Crippen LogP contribution in [0.2, 0.25) is 0 Å². The maximum atomic E-state index is 13.0. The highest BCUT2D eigenvalue weighted by atomic mass is 19.1. The van der Waals surface area contributed by atoms with Crippen LogP contribution in [0.15, 0.2) is 48.8 Å². The molecule has 0 radical (unpaired) electrons. The Kier molecular flexibility index (Phi) is 3.96.